The van der Waals surface area contributed by atoms with Gasteiger partial charge < -0.3 is 4.74 Å². The van der Waals surface area contributed by atoms with Crippen LogP contribution in [0.1, 0.15) is 44.7 Å². The van der Waals surface area contributed by atoms with E-state index in [1.54, 1.807) is 13.0 Å². The van der Waals surface area contributed by atoms with Gasteiger partial charge in [-0.05, 0) is 38.3 Å². The summed E-state index contributed by atoms with van der Waals surface area (Å²) in [6, 6.07) is 5.89. The number of aryl methyl sites for hydroxylation is 1. The number of carbonyl (C=O) groups excluding carboxylic acids is 1. The lowest BCUT2D eigenvalue weighted by Gasteiger charge is -2.13. The summed E-state index contributed by atoms with van der Waals surface area (Å²) in [5.74, 6) is 0.721. The smallest absolute Gasteiger partial charge is 0.338 e. The van der Waals surface area contributed by atoms with Crippen molar-refractivity contribution in [3.05, 3.63) is 41.0 Å². The van der Waals surface area contributed by atoms with Crippen LogP contribution < -0.4 is 4.74 Å². The summed E-state index contributed by atoms with van der Waals surface area (Å²) in [6.45, 7) is 9.80. The van der Waals surface area contributed by atoms with E-state index >= 15 is 0 Å². The van der Waals surface area contributed by atoms with Crippen molar-refractivity contribution in [3.63, 3.8) is 0 Å². The van der Waals surface area contributed by atoms with Crippen molar-refractivity contribution in [2.45, 2.75) is 40.5 Å². The quantitative estimate of drug-likeness (QED) is 0.447. The number of esters is 1. The van der Waals surface area contributed by atoms with Crippen molar-refractivity contribution >= 4 is 5.97 Å². The van der Waals surface area contributed by atoms with Crippen LogP contribution in [0.3, 0.4) is 0 Å². The lowest BCUT2D eigenvalue weighted by atomic mass is 10.00. The second kappa shape index (κ2) is 5.67. The van der Waals surface area contributed by atoms with Crippen molar-refractivity contribution in [1.82, 2.24) is 0 Å². The second-order valence-electron chi connectivity index (χ2n) is 4.56. The highest BCUT2D eigenvalue weighted by Gasteiger charge is 2.12. The monoisotopic (exact) mass is 232 g/mol. The van der Waals surface area contributed by atoms with Gasteiger partial charge in [0.15, 0.2) is 0 Å². The Bertz CT molecular complexity index is 442. The van der Waals surface area contributed by atoms with Gasteiger partial charge in [-0.3, -0.25) is 0 Å². The molecule has 0 aliphatic heterocycles. The first-order chi connectivity index (χ1) is 7.95. The van der Waals surface area contributed by atoms with Crippen molar-refractivity contribution in [2.24, 2.45) is 0 Å². The van der Waals surface area contributed by atoms with Crippen LogP contribution in [0.25, 0.3) is 0 Å². The van der Waals surface area contributed by atoms with Gasteiger partial charge in [-0.1, -0.05) is 37.6 Å². The van der Waals surface area contributed by atoms with Gasteiger partial charge >= 0.3 is 5.97 Å². The van der Waals surface area contributed by atoms with Gasteiger partial charge in [-0.15, -0.1) is 0 Å². The average Bonchev–Trinajstić information content (AvgIpc) is 2.29. The molecule has 0 bridgehead atoms. The molecule has 1 rings (SSSR count). The van der Waals surface area contributed by atoms with E-state index in [4.69, 9.17) is 4.74 Å². The Hall–Kier alpha value is -1.57. The first kappa shape index (κ1) is 13.5. The summed E-state index contributed by atoms with van der Waals surface area (Å²) in [5, 5.41) is 0. The summed E-state index contributed by atoms with van der Waals surface area (Å²) >= 11 is 0. The molecule has 0 heterocycles. The molecule has 2 heteroatoms. The third-order valence-electron chi connectivity index (χ3n) is 2.74. The van der Waals surface area contributed by atoms with Gasteiger partial charge in [-0.25, -0.2) is 4.79 Å². The van der Waals surface area contributed by atoms with Crippen LogP contribution in [0, 0.1) is 6.92 Å². The summed E-state index contributed by atoms with van der Waals surface area (Å²) in [4.78, 5) is 11.7. The maximum Gasteiger partial charge on any atom is 0.338 e. The number of hydrogen-bond donors (Lipinski definition) is 0. The van der Waals surface area contributed by atoms with E-state index < -0.39 is 0 Å². The summed E-state index contributed by atoms with van der Waals surface area (Å²) in [7, 11) is 0. The molecule has 0 spiro atoms. The van der Waals surface area contributed by atoms with Crippen LogP contribution in [-0.4, -0.2) is 5.97 Å². The summed E-state index contributed by atoms with van der Waals surface area (Å²) in [5.41, 5.74) is 2.87. The number of allylic oxidation sites excluding steroid dienone is 1. The Kier molecular flexibility index (Phi) is 4.50. The van der Waals surface area contributed by atoms with Gasteiger partial charge in [0.2, 0.25) is 0 Å². The number of hydrogen-bond acceptors (Lipinski definition) is 2. The molecule has 0 atom stereocenters. The molecule has 0 aromatic heterocycles. The topological polar surface area (TPSA) is 26.3 Å². The first-order valence-electron chi connectivity index (χ1n) is 5.91. The molecular weight excluding hydrogens is 212 g/mol. The molecule has 0 aliphatic rings. The molecule has 2 nitrogen and oxygen atoms in total. The van der Waals surface area contributed by atoms with Gasteiger partial charge in [0.25, 0.3) is 0 Å². The highest BCUT2D eigenvalue weighted by molar-refractivity contribution is 5.89. The molecule has 0 amide bonds. The molecule has 17 heavy (non-hydrogen) atoms. The van der Waals surface area contributed by atoms with Crippen molar-refractivity contribution in [2.75, 3.05) is 0 Å². The van der Waals surface area contributed by atoms with E-state index in [0.717, 1.165) is 5.56 Å². The van der Waals surface area contributed by atoms with E-state index in [-0.39, 0.29) is 5.97 Å². The fourth-order valence-corrected chi connectivity index (χ4v) is 1.51. The summed E-state index contributed by atoms with van der Waals surface area (Å²) in [6.07, 6.45) is 1.76. The Morgan fingerprint density at radius 1 is 1.35 bits per heavy atom. The molecule has 0 saturated heterocycles. The molecule has 1 aromatic rings. The van der Waals surface area contributed by atoms with Crippen LogP contribution >= 0.6 is 0 Å². The van der Waals surface area contributed by atoms with E-state index in [9.17, 15) is 4.79 Å². The molecule has 92 valence electrons. The van der Waals surface area contributed by atoms with Gasteiger partial charge in [0, 0.05) is 5.57 Å². The van der Waals surface area contributed by atoms with Crippen LogP contribution in [0.15, 0.2) is 29.8 Å². The maximum absolute atomic E-state index is 11.7. The van der Waals surface area contributed by atoms with Gasteiger partial charge in [-0.2, -0.15) is 0 Å². The maximum atomic E-state index is 11.7. The molecular formula is C15H20O2. The zero-order chi connectivity index (χ0) is 13.0. The Balaban J connectivity index is 3.02. The SMILES string of the molecule is CC=C(C)C(=O)Oc1ccc(C)cc1C(C)C. The fraction of sp³-hybridized carbons (Fsp3) is 0.400. The third-order valence-corrected chi connectivity index (χ3v) is 2.74. The molecule has 0 radical (unpaired) electrons. The average molecular weight is 232 g/mol. The van der Waals surface area contributed by atoms with E-state index in [1.807, 2.05) is 26.0 Å². The Morgan fingerprint density at radius 3 is 2.53 bits per heavy atom. The predicted molar refractivity (Wildman–Crippen MR) is 70.3 cm³/mol. The molecule has 0 fully saturated rings. The number of carbonyl (C=O) groups is 1. The zero-order valence-electron chi connectivity index (χ0n) is 11.2. The van der Waals surface area contributed by atoms with Crippen molar-refractivity contribution in [1.29, 1.82) is 0 Å². The van der Waals surface area contributed by atoms with Crippen LogP contribution in [0.2, 0.25) is 0 Å². The lowest BCUT2D eigenvalue weighted by molar-refractivity contribution is -0.130. The predicted octanol–water partition coefficient (Wildman–Crippen LogP) is 3.99. The number of benzene rings is 1. The van der Waals surface area contributed by atoms with Crippen LogP contribution in [0.4, 0.5) is 0 Å². The minimum Gasteiger partial charge on any atom is -0.423 e. The van der Waals surface area contributed by atoms with E-state index in [0.29, 0.717) is 17.2 Å². The summed E-state index contributed by atoms with van der Waals surface area (Å²) < 4.78 is 5.41. The highest BCUT2D eigenvalue weighted by Crippen LogP contribution is 2.27. The minimum atomic E-state index is -0.279. The molecule has 0 aliphatic carbocycles. The van der Waals surface area contributed by atoms with E-state index in [1.165, 1.54) is 5.56 Å². The van der Waals surface area contributed by atoms with Gasteiger partial charge in [0.05, 0.1) is 0 Å². The highest BCUT2D eigenvalue weighted by atomic mass is 16.5. The molecule has 0 saturated carbocycles. The van der Waals surface area contributed by atoms with Gasteiger partial charge in [0.1, 0.15) is 5.75 Å². The molecule has 0 N–H and O–H groups in total. The standard InChI is InChI=1S/C15H20O2/c1-6-12(5)15(16)17-14-8-7-11(4)9-13(14)10(2)3/h6-10H,1-5H3. The number of rotatable bonds is 3. The fourth-order valence-electron chi connectivity index (χ4n) is 1.51. The molecule has 0 unspecified atom stereocenters. The van der Waals surface area contributed by atoms with Crippen LogP contribution in [-0.2, 0) is 4.79 Å². The van der Waals surface area contributed by atoms with Crippen molar-refractivity contribution in [3.8, 4) is 5.75 Å². The Morgan fingerprint density at radius 2 is 2.00 bits per heavy atom. The van der Waals surface area contributed by atoms with Crippen molar-refractivity contribution < 1.29 is 9.53 Å². The first-order valence-corrected chi connectivity index (χ1v) is 5.91. The minimum absolute atomic E-state index is 0.279. The van der Waals surface area contributed by atoms with Crippen LogP contribution in [0.5, 0.6) is 5.75 Å². The second-order valence-corrected chi connectivity index (χ2v) is 4.56. The molecule has 1 aromatic carbocycles. The third kappa shape index (κ3) is 3.45. The van der Waals surface area contributed by atoms with E-state index in [2.05, 4.69) is 19.9 Å². The largest absolute Gasteiger partial charge is 0.423 e. The Labute approximate surface area is 103 Å². The lowest BCUT2D eigenvalue weighted by Crippen LogP contribution is -2.10. The number of ether oxygens (including phenoxy) is 1. The normalized spacial score (nSPS) is 11.8. The zero-order valence-corrected chi connectivity index (χ0v) is 11.2.